The summed E-state index contributed by atoms with van der Waals surface area (Å²) in [5, 5.41) is 2.72. The highest BCUT2D eigenvalue weighted by Crippen LogP contribution is 2.11. The average Bonchev–Trinajstić information content (AvgIpc) is 2.30. The van der Waals surface area contributed by atoms with Gasteiger partial charge in [-0.2, -0.15) is 0 Å². The quantitative estimate of drug-likeness (QED) is 0.710. The summed E-state index contributed by atoms with van der Waals surface area (Å²) in [7, 11) is -2.87. The summed E-state index contributed by atoms with van der Waals surface area (Å²) in [4.78, 5) is 11.1. The molecule has 1 aliphatic rings. The Kier molecular flexibility index (Phi) is 3.30. The molecule has 0 unspecified atom stereocenters. The van der Waals surface area contributed by atoms with Crippen LogP contribution in [-0.2, 0) is 14.6 Å². The molecule has 1 rings (SSSR count). The van der Waals surface area contributed by atoms with Gasteiger partial charge in [0.05, 0.1) is 11.5 Å². The van der Waals surface area contributed by atoms with Crippen LogP contribution in [0.5, 0.6) is 0 Å². The zero-order valence-electron chi connectivity index (χ0n) is 7.75. The molecule has 4 nitrogen and oxygen atoms in total. The Morgan fingerprint density at radius 3 is 2.69 bits per heavy atom. The van der Waals surface area contributed by atoms with Crippen LogP contribution in [0.25, 0.3) is 0 Å². The van der Waals surface area contributed by atoms with Crippen molar-refractivity contribution in [1.29, 1.82) is 0 Å². The molecule has 0 aromatic carbocycles. The fraction of sp³-hybridized carbons (Fsp3) is 0.875. The fourth-order valence-corrected chi connectivity index (χ4v) is 3.11. The van der Waals surface area contributed by atoms with Crippen molar-refractivity contribution >= 4 is 15.7 Å². The highest BCUT2D eigenvalue weighted by atomic mass is 32.2. The summed E-state index contributed by atoms with van der Waals surface area (Å²) in [5.74, 6) is 0.289. The summed E-state index contributed by atoms with van der Waals surface area (Å²) < 4.78 is 22.1. The van der Waals surface area contributed by atoms with Crippen LogP contribution in [0, 0.1) is 0 Å². The molecular formula is C8H15NO3S. The summed E-state index contributed by atoms with van der Waals surface area (Å²) in [6, 6.07) is -0.149. The predicted octanol–water partition coefficient (Wildman–Crippen LogP) is 0.0898. The van der Waals surface area contributed by atoms with E-state index in [1.165, 1.54) is 0 Å². The van der Waals surface area contributed by atoms with Crippen molar-refractivity contribution in [3.63, 3.8) is 0 Å². The number of nitrogens with one attached hydrogen (secondary N) is 1. The Morgan fingerprint density at radius 2 is 2.23 bits per heavy atom. The van der Waals surface area contributed by atoms with Gasteiger partial charge in [0.1, 0.15) is 0 Å². The zero-order chi connectivity index (χ0) is 9.90. The van der Waals surface area contributed by atoms with Crippen LogP contribution in [0.15, 0.2) is 0 Å². The number of carbonyl (C=O) groups is 1. The number of hydrogen-bond donors (Lipinski definition) is 1. The monoisotopic (exact) mass is 205 g/mol. The van der Waals surface area contributed by atoms with E-state index >= 15 is 0 Å². The summed E-state index contributed by atoms with van der Waals surface area (Å²) in [5.41, 5.74) is 0. The molecule has 0 saturated carbocycles. The minimum absolute atomic E-state index is 0.0374. The lowest BCUT2D eigenvalue weighted by atomic mass is 10.2. The van der Waals surface area contributed by atoms with E-state index in [-0.39, 0.29) is 23.5 Å². The Bertz CT molecular complexity index is 284. The van der Waals surface area contributed by atoms with Crippen LogP contribution in [0.2, 0.25) is 0 Å². The minimum atomic E-state index is -2.87. The lowest BCUT2D eigenvalue weighted by Crippen LogP contribution is -2.35. The number of sulfone groups is 1. The molecule has 1 heterocycles. The van der Waals surface area contributed by atoms with Gasteiger partial charge >= 0.3 is 0 Å². The second-order valence-electron chi connectivity index (χ2n) is 3.42. The largest absolute Gasteiger partial charge is 0.352 e. The number of hydrogen-bond acceptors (Lipinski definition) is 3. The Labute approximate surface area is 78.6 Å². The molecule has 5 heteroatoms. The molecule has 13 heavy (non-hydrogen) atoms. The predicted molar refractivity (Wildman–Crippen MR) is 50.1 cm³/mol. The zero-order valence-corrected chi connectivity index (χ0v) is 8.56. The van der Waals surface area contributed by atoms with E-state index in [1.54, 1.807) is 0 Å². The van der Waals surface area contributed by atoms with Crippen LogP contribution >= 0.6 is 0 Å². The molecule has 76 valence electrons. The Morgan fingerprint density at radius 1 is 1.54 bits per heavy atom. The highest BCUT2D eigenvalue weighted by molar-refractivity contribution is 7.91. The maximum absolute atomic E-state index is 11.1. The topological polar surface area (TPSA) is 63.2 Å². The van der Waals surface area contributed by atoms with E-state index < -0.39 is 9.84 Å². The first kappa shape index (κ1) is 10.5. The van der Waals surface area contributed by atoms with Gasteiger partial charge in [0, 0.05) is 12.5 Å². The van der Waals surface area contributed by atoms with E-state index in [9.17, 15) is 13.2 Å². The van der Waals surface area contributed by atoms with Crippen molar-refractivity contribution in [3.8, 4) is 0 Å². The van der Waals surface area contributed by atoms with Crippen LogP contribution in [-0.4, -0.2) is 31.9 Å². The van der Waals surface area contributed by atoms with E-state index in [0.717, 1.165) is 6.42 Å². The van der Waals surface area contributed by atoms with Crippen LogP contribution in [0.3, 0.4) is 0 Å². The van der Waals surface area contributed by atoms with E-state index in [4.69, 9.17) is 0 Å². The number of amides is 1. The Hall–Kier alpha value is -0.580. The third kappa shape index (κ3) is 3.34. The number of rotatable bonds is 3. The second-order valence-corrected chi connectivity index (χ2v) is 5.65. The molecule has 0 spiro atoms. The van der Waals surface area contributed by atoms with Gasteiger partial charge in [-0.1, -0.05) is 6.92 Å². The lowest BCUT2D eigenvalue weighted by Gasteiger charge is -2.09. The molecule has 0 aromatic heterocycles. The minimum Gasteiger partial charge on any atom is -0.352 e. The van der Waals surface area contributed by atoms with E-state index in [2.05, 4.69) is 5.32 Å². The SMILES string of the molecule is CCCC(=O)N[C@H]1CCS(=O)(=O)C1. The first-order valence-electron chi connectivity index (χ1n) is 4.53. The molecule has 0 aliphatic carbocycles. The molecule has 1 N–H and O–H groups in total. The van der Waals surface area contributed by atoms with Crippen molar-refractivity contribution in [2.24, 2.45) is 0 Å². The molecule has 0 radical (unpaired) electrons. The second kappa shape index (κ2) is 4.09. The highest BCUT2D eigenvalue weighted by Gasteiger charge is 2.28. The number of carbonyl (C=O) groups excluding carboxylic acids is 1. The van der Waals surface area contributed by atoms with Crippen molar-refractivity contribution < 1.29 is 13.2 Å². The van der Waals surface area contributed by atoms with E-state index in [0.29, 0.717) is 12.8 Å². The van der Waals surface area contributed by atoms with Crippen molar-refractivity contribution in [1.82, 2.24) is 5.32 Å². The first-order valence-corrected chi connectivity index (χ1v) is 6.35. The molecular weight excluding hydrogens is 190 g/mol. The normalized spacial score (nSPS) is 25.8. The first-order chi connectivity index (χ1) is 6.03. The van der Waals surface area contributed by atoms with Gasteiger partial charge in [0.15, 0.2) is 9.84 Å². The van der Waals surface area contributed by atoms with Crippen LogP contribution in [0.1, 0.15) is 26.2 Å². The maximum Gasteiger partial charge on any atom is 0.220 e. The third-order valence-corrected chi connectivity index (χ3v) is 3.84. The van der Waals surface area contributed by atoms with Crippen molar-refractivity contribution in [3.05, 3.63) is 0 Å². The average molecular weight is 205 g/mol. The van der Waals surface area contributed by atoms with Gasteiger partial charge in [-0.3, -0.25) is 4.79 Å². The molecule has 1 fully saturated rings. The molecule has 0 bridgehead atoms. The van der Waals surface area contributed by atoms with Crippen LogP contribution < -0.4 is 5.32 Å². The summed E-state index contributed by atoms with van der Waals surface area (Å²) in [6.07, 6.45) is 1.85. The van der Waals surface area contributed by atoms with Gasteiger partial charge < -0.3 is 5.32 Å². The Balaban J connectivity index is 2.36. The van der Waals surface area contributed by atoms with E-state index in [1.807, 2.05) is 6.92 Å². The maximum atomic E-state index is 11.1. The standard InChI is InChI=1S/C8H15NO3S/c1-2-3-8(10)9-7-4-5-13(11,12)6-7/h7H,2-6H2,1H3,(H,9,10)/t7-/m0/s1. The van der Waals surface area contributed by atoms with Gasteiger partial charge in [-0.15, -0.1) is 0 Å². The van der Waals surface area contributed by atoms with Gasteiger partial charge in [-0.05, 0) is 12.8 Å². The summed E-state index contributed by atoms with van der Waals surface area (Å²) >= 11 is 0. The molecule has 0 aromatic rings. The van der Waals surface area contributed by atoms with Crippen molar-refractivity contribution in [2.45, 2.75) is 32.2 Å². The summed E-state index contributed by atoms with van der Waals surface area (Å²) in [6.45, 7) is 1.92. The van der Waals surface area contributed by atoms with Gasteiger partial charge in [0.2, 0.25) is 5.91 Å². The van der Waals surface area contributed by atoms with Crippen LogP contribution in [0.4, 0.5) is 0 Å². The van der Waals surface area contributed by atoms with Gasteiger partial charge in [-0.25, -0.2) is 8.42 Å². The molecule has 1 amide bonds. The molecule has 1 saturated heterocycles. The molecule has 1 aliphatic heterocycles. The molecule has 1 atom stereocenters. The third-order valence-electron chi connectivity index (χ3n) is 2.07. The fourth-order valence-electron chi connectivity index (χ4n) is 1.44. The van der Waals surface area contributed by atoms with Crippen molar-refractivity contribution in [2.75, 3.05) is 11.5 Å². The smallest absolute Gasteiger partial charge is 0.220 e. The lowest BCUT2D eigenvalue weighted by molar-refractivity contribution is -0.121. The van der Waals surface area contributed by atoms with Gasteiger partial charge in [0.25, 0.3) is 0 Å².